The first-order valence-corrected chi connectivity index (χ1v) is 7.58. The van der Waals surface area contributed by atoms with Crippen molar-refractivity contribution in [2.45, 2.75) is 45.4 Å². The van der Waals surface area contributed by atoms with Crippen LogP contribution in [-0.4, -0.2) is 23.5 Å². The van der Waals surface area contributed by atoms with Gasteiger partial charge in [-0.25, -0.2) is 0 Å². The fourth-order valence-corrected chi connectivity index (χ4v) is 2.58. The van der Waals surface area contributed by atoms with Gasteiger partial charge in [0.15, 0.2) is 0 Å². The quantitative estimate of drug-likeness (QED) is 0.774. The van der Waals surface area contributed by atoms with E-state index >= 15 is 0 Å². The van der Waals surface area contributed by atoms with E-state index in [-0.39, 0.29) is 18.4 Å². The van der Waals surface area contributed by atoms with Crippen LogP contribution >= 0.6 is 0 Å². The summed E-state index contributed by atoms with van der Waals surface area (Å²) < 4.78 is 0. The van der Waals surface area contributed by atoms with Crippen molar-refractivity contribution < 1.29 is 14.7 Å². The monoisotopic (exact) mass is 291 g/mol. The molecule has 1 unspecified atom stereocenters. The van der Waals surface area contributed by atoms with E-state index in [4.69, 9.17) is 0 Å². The normalized spacial score (nSPS) is 13.7. The van der Waals surface area contributed by atoms with Crippen LogP contribution in [0.2, 0.25) is 0 Å². The molecule has 2 N–H and O–H groups in total. The molecule has 0 radical (unpaired) electrons. The molecule has 1 aromatic carbocycles. The van der Waals surface area contributed by atoms with Gasteiger partial charge in [0.1, 0.15) is 5.41 Å². The van der Waals surface area contributed by atoms with Gasteiger partial charge in [0.05, 0.1) is 0 Å². The van der Waals surface area contributed by atoms with Gasteiger partial charge in [-0.15, -0.1) is 0 Å². The Labute approximate surface area is 126 Å². The van der Waals surface area contributed by atoms with Crippen LogP contribution in [0.3, 0.4) is 0 Å². The summed E-state index contributed by atoms with van der Waals surface area (Å²) in [5.41, 5.74) is -0.340. The highest BCUT2D eigenvalue weighted by Gasteiger charge is 2.39. The van der Waals surface area contributed by atoms with Crippen molar-refractivity contribution in [3.63, 3.8) is 0 Å². The van der Waals surface area contributed by atoms with Crippen molar-refractivity contribution in [2.24, 2.45) is 5.92 Å². The van der Waals surface area contributed by atoms with Crippen LogP contribution in [0.5, 0.6) is 0 Å². The molecule has 0 saturated carbocycles. The number of carbonyl (C=O) groups excluding carboxylic acids is 1. The first kappa shape index (κ1) is 17.2. The van der Waals surface area contributed by atoms with E-state index in [1.807, 2.05) is 39.0 Å². The topological polar surface area (TPSA) is 66.4 Å². The minimum atomic E-state index is -1.07. The van der Waals surface area contributed by atoms with Crippen LogP contribution in [0.1, 0.15) is 45.6 Å². The summed E-state index contributed by atoms with van der Waals surface area (Å²) >= 11 is 0. The molecule has 0 saturated heterocycles. The predicted molar refractivity (Wildman–Crippen MR) is 83.1 cm³/mol. The Morgan fingerprint density at radius 1 is 1.14 bits per heavy atom. The Balaban J connectivity index is 2.95. The first-order valence-electron chi connectivity index (χ1n) is 7.58. The molecule has 0 bridgehead atoms. The molecule has 0 aliphatic rings. The third kappa shape index (κ3) is 3.84. The molecule has 0 heterocycles. The van der Waals surface area contributed by atoms with E-state index in [0.29, 0.717) is 6.42 Å². The van der Waals surface area contributed by atoms with Gasteiger partial charge in [-0.05, 0) is 24.8 Å². The minimum absolute atomic E-state index is 0.0517. The lowest BCUT2D eigenvalue weighted by molar-refractivity contribution is -0.144. The van der Waals surface area contributed by atoms with E-state index in [0.717, 1.165) is 18.4 Å². The molecule has 0 aromatic heterocycles. The SMILES string of the molecule is CCC(CC)C(=O)NCC(CC)(C(=O)O)c1ccccc1. The second kappa shape index (κ2) is 7.81. The number of carboxylic acid groups (broad SMARTS) is 1. The van der Waals surface area contributed by atoms with Crippen molar-refractivity contribution in [3.05, 3.63) is 35.9 Å². The van der Waals surface area contributed by atoms with Gasteiger partial charge < -0.3 is 10.4 Å². The van der Waals surface area contributed by atoms with Gasteiger partial charge in [-0.3, -0.25) is 9.59 Å². The van der Waals surface area contributed by atoms with Crippen LogP contribution < -0.4 is 5.32 Å². The van der Waals surface area contributed by atoms with E-state index in [2.05, 4.69) is 5.32 Å². The summed E-state index contributed by atoms with van der Waals surface area (Å²) in [6.07, 6.45) is 1.95. The Bertz CT molecular complexity index is 468. The number of aliphatic carboxylic acids is 1. The molecule has 0 fully saturated rings. The maximum Gasteiger partial charge on any atom is 0.315 e. The summed E-state index contributed by atoms with van der Waals surface area (Å²) in [7, 11) is 0. The molecular weight excluding hydrogens is 266 g/mol. The van der Waals surface area contributed by atoms with Crippen LogP contribution in [-0.2, 0) is 15.0 Å². The molecule has 0 spiro atoms. The summed E-state index contributed by atoms with van der Waals surface area (Å²) in [6.45, 7) is 5.90. The number of carboxylic acids is 1. The molecule has 1 atom stereocenters. The molecule has 1 aromatic rings. The van der Waals surface area contributed by atoms with Crippen molar-refractivity contribution >= 4 is 11.9 Å². The van der Waals surface area contributed by atoms with Crippen molar-refractivity contribution in [1.29, 1.82) is 0 Å². The second-order valence-corrected chi connectivity index (χ2v) is 5.34. The Morgan fingerprint density at radius 2 is 1.71 bits per heavy atom. The molecule has 116 valence electrons. The van der Waals surface area contributed by atoms with Gasteiger partial charge in [0, 0.05) is 12.5 Å². The average molecular weight is 291 g/mol. The zero-order valence-corrected chi connectivity index (χ0v) is 13.1. The highest BCUT2D eigenvalue weighted by atomic mass is 16.4. The van der Waals surface area contributed by atoms with Gasteiger partial charge in [-0.1, -0.05) is 51.1 Å². The molecule has 0 aliphatic carbocycles. The van der Waals surface area contributed by atoms with Gasteiger partial charge in [0.25, 0.3) is 0 Å². The lowest BCUT2D eigenvalue weighted by atomic mass is 9.78. The molecule has 4 nitrogen and oxygen atoms in total. The van der Waals surface area contributed by atoms with E-state index < -0.39 is 11.4 Å². The lowest BCUT2D eigenvalue weighted by Gasteiger charge is -2.29. The summed E-state index contributed by atoms with van der Waals surface area (Å²) in [6, 6.07) is 9.12. The molecule has 21 heavy (non-hydrogen) atoms. The zero-order chi connectivity index (χ0) is 15.9. The fourth-order valence-electron chi connectivity index (χ4n) is 2.58. The molecule has 1 amide bonds. The number of carbonyl (C=O) groups is 2. The largest absolute Gasteiger partial charge is 0.481 e. The molecule has 1 rings (SSSR count). The maximum atomic E-state index is 12.1. The number of hydrogen-bond acceptors (Lipinski definition) is 2. The fraction of sp³-hybridized carbons (Fsp3) is 0.529. The summed E-state index contributed by atoms with van der Waals surface area (Å²) in [4.78, 5) is 23.9. The minimum Gasteiger partial charge on any atom is -0.481 e. The third-order valence-corrected chi connectivity index (χ3v) is 4.26. The summed E-state index contributed by atoms with van der Waals surface area (Å²) in [5, 5.41) is 12.5. The summed E-state index contributed by atoms with van der Waals surface area (Å²) in [5.74, 6) is -1.01. The Hall–Kier alpha value is -1.84. The highest BCUT2D eigenvalue weighted by molar-refractivity contribution is 5.84. The molecule has 4 heteroatoms. The Morgan fingerprint density at radius 3 is 2.14 bits per heavy atom. The maximum absolute atomic E-state index is 12.1. The van der Waals surface area contributed by atoms with E-state index in [1.165, 1.54) is 0 Å². The smallest absolute Gasteiger partial charge is 0.315 e. The van der Waals surface area contributed by atoms with Gasteiger partial charge in [-0.2, -0.15) is 0 Å². The van der Waals surface area contributed by atoms with Gasteiger partial charge >= 0.3 is 5.97 Å². The first-order chi connectivity index (χ1) is 10.0. The second-order valence-electron chi connectivity index (χ2n) is 5.34. The number of amides is 1. The number of hydrogen-bond donors (Lipinski definition) is 2. The number of nitrogens with one attached hydrogen (secondary N) is 1. The predicted octanol–water partition coefficient (Wildman–Crippen LogP) is 2.97. The molecule has 0 aliphatic heterocycles. The third-order valence-electron chi connectivity index (χ3n) is 4.26. The highest BCUT2D eigenvalue weighted by Crippen LogP contribution is 2.28. The van der Waals surface area contributed by atoms with Crippen molar-refractivity contribution in [1.82, 2.24) is 5.32 Å². The van der Waals surface area contributed by atoms with Crippen LogP contribution in [0.15, 0.2) is 30.3 Å². The van der Waals surface area contributed by atoms with Crippen LogP contribution in [0.25, 0.3) is 0 Å². The Kier molecular flexibility index (Phi) is 6.40. The average Bonchev–Trinajstić information content (AvgIpc) is 2.50. The van der Waals surface area contributed by atoms with Crippen molar-refractivity contribution in [3.8, 4) is 0 Å². The van der Waals surface area contributed by atoms with Gasteiger partial charge in [0.2, 0.25) is 5.91 Å². The van der Waals surface area contributed by atoms with E-state index in [1.54, 1.807) is 12.1 Å². The van der Waals surface area contributed by atoms with Crippen molar-refractivity contribution in [2.75, 3.05) is 6.54 Å². The molecular formula is C17H25NO3. The lowest BCUT2D eigenvalue weighted by Crippen LogP contribution is -2.47. The number of rotatable bonds is 8. The standard InChI is InChI=1S/C17H25NO3/c1-4-13(5-2)15(19)18-12-17(6-3,16(20)21)14-10-8-7-9-11-14/h7-11,13H,4-6,12H2,1-3H3,(H,18,19)(H,20,21). The van der Waals surface area contributed by atoms with Crippen LogP contribution in [0.4, 0.5) is 0 Å². The zero-order valence-electron chi connectivity index (χ0n) is 13.1. The van der Waals surface area contributed by atoms with Crippen LogP contribution in [0, 0.1) is 5.92 Å². The van der Waals surface area contributed by atoms with E-state index in [9.17, 15) is 14.7 Å². The number of benzene rings is 1.